The van der Waals surface area contributed by atoms with Crippen molar-refractivity contribution < 1.29 is 24.1 Å². The summed E-state index contributed by atoms with van der Waals surface area (Å²) in [5.41, 5.74) is 0.379. The molecule has 0 aromatic heterocycles. The van der Waals surface area contributed by atoms with Gasteiger partial charge in [0.05, 0.1) is 38.1 Å². The van der Waals surface area contributed by atoms with E-state index in [2.05, 4.69) is 16.3 Å². The average molecular weight is 403 g/mol. The van der Waals surface area contributed by atoms with Crippen molar-refractivity contribution in [2.24, 2.45) is 5.92 Å². The molecule has 1 amide bonds. The third-order valence-corrected chi connectivity index (χ3v) is 5.39. The van der Waals surface area contributed by atoms with Crippen LogP contribution in [-0.4, -0.2) is 68.5 Å². The number of methoxy groups -OCH3 is 1. The van der Waals surface area contributed by atoms with E-state index in [1.807, 2.05) is 0 Å². The number of aliphatic hydroxyl groups is 1. The number of unbranched alkanes of at least 4 members (excludes halogenated alkanes) is 1. The molecule has 0 saturated carbocycles. The monoisotopic (exact) mass is 403 g/mol. The molecule has 29 heavy (non-hydrogen) atoms. The number of hydrogen-bond donors (Lipinski definition) is 2. The van der Waals surface area contributed by atoms with Crippen molar-refractivity contribution in [1.29, 1.82) is 5.26 Å². The summed E-state index contributed by atoms with van der Waals surface area (Å²) in [7, 11) is 1.54. The van der Waals surface area contributed by atoms with Crippen LogP contribution in [-0.2, 0) is 0 Å². The number of β-amino-alcohol motifs (C(OH)–C–C–N with tert-alkyl or cyclic N) is 1. The Morgan fingerprint density at radius 2 is 2.24 bits per heavy atom. The third-order valence-electron chi connectivity index (χ3n) is 5.39. The summed E-state index contributed by atoms with van der Waals surface area (Å²) < 4.78 is 16.7. The molecular formula is C21H29N3O5. The Kier molecular flexibility index (Phi) is 7.55. The molecule has 0 bridgehead atoms. The number of amides is 1. The van der Waals surface area contributed by atoms with Gasteiger partial charge in [0.15, 0.2) is 11.5 Å². The Morgan fingerprint density at radius 3 is 3.00 bits per heavy atom. The second-order valence-corrected chi connectivity index (χ2v) is 7.44. The van der Waals surface area contributed by atoms with Gasteiger partial charge in [0.2, 0.25) is 0 Å². The number of benzene rings is 1. The van der Waals surface area contributed by atoms with E-state index in [1.165, 1.54) is 0 Å². The van der Waals surface area contributed by atoms with Gasteiger partial charge < -0.3 is 29.5 Å². The van der Waals surface area contributed by atoms with Gasteiger partial charge in [0, 0.05) is 37.9 Å². The minimum atomic E-state index is -0.506. The molecule has 2 atom stereocenters. The molecule has 1 unspecified atom stereocenters. The summed E-state index contributed by atoms with van der Waals surface area (Å²) in [4.78, 5) is 15.0. The number of carbonyl (C=O) groups is 1. The summed E-state index contributed by atoms with van der Waals surface area (Å²) >= 11 is 0. The zero-order valence-corrected chi connectivity index (χ0v) is 16.9. The quantitative estimate of drug-likeness (QED) is 0.666. The lowest BCUT2D eigenvalue weighted by Crippen LogP contribution is -2.47. The van der Waals surface area contributed by atoms with Crippen molar-refractivity contribution in [3.05, 3.63) is 17.7 Å². The SMILES string of the molecule is COc1cc2c(c(C(=O)NC[C@@H]3CCN(CCCC#N)CC3O)c1)OCCCO2. The fourth-order valence-corrected chi connectivity index (χ4v) is 3.72. The van der Waals surface area contributed by atoms with Crippen molar-refractivity contribution >= 4 is 5.91 Å². The highest BCUT2D eigenvalue weighted by molar-refractivity contribution is 5.98. The second-order valence-electron chi connectivity index (χ2n) is 7.44. The van der Waals surface area contributed by atoms with Gasteiger partial charge in [-0.25, -0.2) is 0 Å². The van der Waals surface area contributed by atoms with Gasteiger partial charge in [-0.3, -0.25) is 4.79 Å². The zero-order valence-electron chi connectivity index (χ0n) is 16.9. The first-order chi connectivity index (χ1) is 14.1. The predicted molar refractivity (Wildman–Crippen MR) is 106 cm³/mol. The standard InChI is InChI=1S/C21H29N3O5/c1-27-16-11-17(20-19(12-16)28-9-4-10-29-20)21(26)23-13-15-5-8-24(14-18(15)25)7-3-2-6-22/h11-12,15,18,25H,2-5,7-10,13-14H2,1H3,(H,23,26)/t15-,18?/m0/s1. The number of hydrogen-bond acceptors (Lipinski definition) is 7. The van der Waals surface area contributed by atoms with E-state index in [0.717, 1.165) is 32.4 Å². The van der Waals surface area contributed by atoms with Crippen molar-refractivity contribution in [3.8, 4) is 23.3 Å². The average Bonchev–Trinajstić information content (AvgIpc) is 2.97. The summed E-state index contributed by atoms with van der Waals surface area (Å²) in [6, 6.07) is 5.52. The Morgan fingerprint density at radius 1 is 1.41 bits per heavy atom. The van der Waals surface area contributed by atoms with Crippen molar-refractivity contribution in [3.63, 3.8) is 0 Å². The molecule has 2 aliphatic rings. The molecular weight excluding hydrogens is 374 g/mol. The number of nitriles is 1. The molecule has 0 radical (unpaired) electrons. The highest BCUT2D eigenvalue weighted by Crippen LogP contribution is 2.37. The zero-order chi connectivity index (χ0) is 20.6. The van der Waals surface area contributed by atoms with Crippen molar-refractivity contribution in [2.45, 2.75) is 31.8 Å². The number of piperidine rings is 1. The lowest BCUT2D eigenvalue weighted by Gasteiger charge is -2.36. The smallest absolute Gasteiger partial charge is 0.255 e. The van der Waals surface area contributed by atoms with Gasteiger partial charge in [0.25, 0.3) is 5.91 Å². The second kappa shape index (κ2) is 10.3. The van der Waals surface area contributed by atoms with Crippen LogP contribution in [0.15, 0.2) is 12.1 Å². The molecule has 0 aliphatic carbocycles. The number of carbonyl (C=O) groups excluding carboxylic acids is 1. The van der Waals surface area contributed by atoms with E-state index in [9.17, 15) is 9.90 Å². The van der Waals surface area contributed by atoms with Gasteiger partial charge in [-0.2, -0.15) is 5.26 Å². The molecule has 8 nitrogen and oxygen atoms in total. The van der Waals surface area contributed by atoms with Crippen LogP contribution < -0.4 is 19.5 Å². The largest absolute Gasteiger partial charge is 0.497 e. The number of ether oxygens (including phenoxy) is 3. The molecule has 2 aliphatic heterocycles. The molecule has 3 rings (SSSR count). The fraction of sp³-hybridized carbons (Fsp3) is 0.619. The number of rotatable bonds is 7. The lowest BCUT2D eigenvalue weighted by atomic mass is 9.93. The Hall–Kier alpha value is -2.50. The molecule has 1 aromatic rings. The summed E-state index contributed by atoms with van der Waals surface area (Å²) in [5.74, 6) is 1.21. The molecule has 1 saturated heterocycles. The molecule has 1 aromatic carbocycles. The first kappa shape index (κ1) is 21.2. The maximum atomic E-state index is 12.9. The minimum absolute atomic E-state index is 0.00690. The van der Waals surface area contributed by atoms with Gasteiger partial charge in [-0.15, -0.1) is 0 Å². The normalized spacial score (nSPS) is 21.7. The predicted octanol–water partition coefficient (Wildman–Crippen LogP) is 1.57. The van der Waals surface area contributed by atoms with Crippen LogP contribution in [0.5, 0.6) is 17.2 Å². The van der Waals surface area contributed by atoms with Crippen LogP contribution in [0.25, 0.3) is 0 Å². The van der Waals surface area contributed by atoms with Crippen LogP contribution in [0.1, 0.15) is 36.0 Å². The number of nitrogens with zero attached hydrogens (tertiary/aromatic N) is 2. The van der Waals surface area contributed by atoms with Gasteiger partial charge >= 0.3 is 0 Å². The Labute approximate surface area is 171 Å². The molecule has 2 N–H and O–H groups in total. The van der Waals surface area contributed by atoms with Crippen LogP contribution in [0.4, 0.5) is 0 Å². The van der Waals surface area contributed by atoms with Crippen LogP contribution >= 0.6 is 0 Å². The third kappa shape index (κ3) is 5.52. The molecule has 2 heterocycles. The van der Waals surface area contributed by atoms with E-state index < -0.39 is 6.10 Å². The number of nitrogens with one attached hydrogen (secondary N) is 1. The number of fused-ring (bicyclic) bond motifs is 1. The first-order valence-corrected chi connectivity index (χ1v) is 10.2. The van der Waals surface area contributed by atoms with Gasteiger partial charge in [0.1, 0.15) is 5.75 Å². The number of aliphatic hydroxyl groups excluding tert-OH is 1. The van der Waals surface area contributed by atoms with E-state index in [-0.39, 0.29) is 11.8 Å². The highest BCUT2D eigenvalue weighted by Gasteiger charge is 2.29. The van der Waals surface area contributed by atoms with E-state index >= 15 is 0 Å². The van der Waals surface area contributed by atoms with E-state index in [4.69, 9.17) is 19.5 Å². The maximum absolute atomic E-state index is 12.9. The minimum Gasteiger partial charge on any atom is -0.497 e. The molecule has 8 heteroatoms. The highest BCUT2D eigenvalue weighted by atomic mass is 16.5. The van der Waals surface area contributed by atoms with Gasteiger partial charge in [-0.05, 0) is 32.0 Å². The van der Waals surface area contributed by atoms with Crippen LogP contribution in [0.2, 0.25) is 0 Å². The van der Waals surface area contributed by atoms with E-state index in [1.54, 1.807) is 19.2 Å². The Bertz CT molecular complexity index is 749. The van der Waals surface area contributed by atoms with Crippen LogP contribution in [0, 0.1) is 17.2 Å². The topological polar surface area (TPSA) is 104 Å². The molecule has 0 spiro atoms. The summed E-state index contributed by atoms with van der Waals surface area (Å²) in [6.45, 7) is 3.64. The number of likely N-dealkylation sites (tertiary alicyclic amines) is 1. The molecule has 158 valence electrons. The fourth-order valence-electron chi connectivity index (χ4n) is 3.72. The van der Waals surface area contributed by atoms with Gasteiger partial charge in [-0.1, -0.05) is 0 Å². The summed E-state index contributed by atoms with van der Waals surface area (Å²) in [5, 5.41) is 22.1. The van der Waals surface area contributed by atoms with Crippen molar-refractivity contribution in [2.75, 3.05) is 46.5 Å². The Balaban J connectivity index is 1.59. The lowest BCUT2D eigenvalue weighted by molar-refractivity contribution is 0.0219. The first-order valence-electron chi connectivity index (χ1n) is 10.2. The molecule has 1 fully saturated rings. The van der Waals surface area contributed by atoms with E-state index in [0.29, 0.717) is 55.5 Å². The maximum Gasteiger partial charge on any atom is 0.255 e. The summed E-state index contributed by atoms with van der Waals surface area (Å²) in [6.07, 6.45) is 2.38. The van der Waals surface area contributed by atoms with Crippen LogP contribution in [0.3, 0.4) is 0 Å². The van der Waals surface area contributed by atoms with Crippen molar-refractivity contribution in [1.82, 2.24) is 10.2 Å².